The summed E-state index contributed by atoms with van der Waals surface area (Å²) in [6.07, 6.45) is 0. The average Bonchev–Trinajstić information content (AvgIpc) is 2.96. The Hall–Kier alpha value is -4.09. The van der Waals surface area contributed by atoms with E-state index in [1.807, 2.05) is 60.7 Å². The van der Waals surface area contributed by atoms with Gasteiger partial charge in [-0.2, -0.15) is 0 Å². The number of aromatic nitrogens is 2. The Morgan fingerprint density at radius 1 is 0.947 bits per heavy atom. The fourth-order valence-corrected chi connectivity index (χ4v) is 4.58. The molecule has 0 saturated carbocycles. The minimum absolute atomic E-state index is 0.00826. The maximum absolute atomic E-state index is 13.5. The summed E-state index contributed by atoms with van der Waals surface area (Å²) in [7, 11) is 3.03. The molecule has 0 bridgehead atoms. The fourth-order valence-electron chi connectivity index (χ4n) is 3.66. The number of hydrogen-bond donors (Lipinski definition) is 3. The summed E-state index contributed by atoms with van der Waals surface area (Å²) in [6.45, 7) is 0.824. The standard InChI is InChI=1S/C27H27N5O4S2/c1-35-22-13-20-21(14-23(22)36-2)29-27(32(25(20)34)16-19-11-7-4-8-12-19)38-17-24(33)30-31-26(37)28-15-18-9-5-3-6-10-18/h3-14H,15-17H2,1-2H3,(H,30,33)(H2,28,31,37). The molecule has 0 saturated heterocycles. The Morgan fingerprint density at radius 2 is 1.58 bits per heavy atom. The lowest BCUT2D eigenvalue weighted by Crippen LogP contribution is -2.47. The first-order valence-electron chi connectivity index (χ1n) is 11.7. The number of nitrogens with zero attached hydrogens (tertiary/aromatic N) is 2. The number of carbonyl (C=O) groups excluding carboxylic acids is 1. The number of thioether (sulfide) groups is 1. The molecule has 0 aliphatic heterocycles. The molecule has 1 heterocycles. The summed E-state index contributed by atoms with van der Waals surface area (Å²) in [6, 6.07) is 22.6. The maximum Gasteiger partial charge on any atom is 0.262 e. The van der Waals surface area contributed by atoms with Crippen LogP contribution >= 0.6 is 24.0 Å². The molecule has 0 unspecified atom stereocenters. The Balaban J connectivity index is 1.49. The number of nitrogens with one attached hydrogen (secondary N) is 3. The van der Waals surface area contributed by atoms with Crippen LogP contribution in [0.15, 0.2) is 82.7 Å². The van der Waals surface area contributed by atoms with E-state index in [-0.39, 0.29) is 22.3 Å². The normalized spacial score (nSPS) is 10.6. The van der Waals surface area contributed by atoms with Crippen molar-refractivity contribution in [3.63, 3.8) is 0 Å². The van der Waals surface area contributed by atoms with Gasteiger partial charge in [-0.1, -0.05) is 72.4 Å². The first-order valence-corrected chi connectivity index (χ1v) is 13.1. The van der Waals surface area contributed by atoms with Gasteiger partial charge in [-0.25, -0.2) is 4.98 Å². The van der Waals surface area contributed by atoms with Crippen molar-refractivity contribution in [2.75, 3.05) is 20.0 Å². The second-order valence-electron chi connectivity index (χ2n) is 8.13. The molecule has 9 nitrogen and oxygen atoms in total. The predicted octanol–water partition coefficient (Wildman–Crippen LogP) is 3.25. The molecule has 1 aromatic heterocycles. The van der Waals surface area contributed by atoms with Crippen LogP contribution < -0.4 is 31.2 Å². The number of amides is 1. The molecule has 11 heteroatoms. The first kappa shape index (κ1) is 27.0. The number of rotatable bonds is 9. The molecule has 4 aromatic rings. The highest BCUT2D eigenvalue weighted by Crippen LogP contribution is 2.31. The molecule has 0 atom stereocenters. The third-order valence-electron chi connectivity index (χ3n) is 5.55. The van der Waals surface area contributed by atoms with Gasteiger partial charge in [0.05, 0.1) is 37.4 Å². The Morgan fingerprint density at radius 3 is 2.24 bits per heavy atom. The largest absolute Gasteiger partial charge is 0.493 e. The molecule has 4 rings (SSSR count). The van der Waals surface area contributed by atoms with Gasteiger partial charge in [0.1, 0.15) is 0 Å². The second-order valence-corrected chi connectivity index (χ2v) is 9.48. The van der Waals surface area contributed by atoms with Gasteiger partial charge in [0.25, 0.3) is 5.56 Å². The van der Waals surface area contributed by atoms with E-state index in [2.05, 4.69) is 16.2 Å². The zero-order chi connectivity index (χ0) is 26.9. The minimum Gasteiger partial charge on any atom is -0.493 e. The van der Waals surface area contributed by atoms with E-state index in [4.69, 9.17) is 26.7 Å². The molecule has 3 aromatic carbocycles. The Kier molecular flexibility index (Phi) is 9.17. The van der Waals surface area contributed by atoms with Crippen LogP contribution in [-0.2, 0) is 17.9 Å². The van der Waals surface area contributed by atoms with Gasteiger partial charge in [0, 0.05) is 12.6 Å². The van der Waals surface area contributed by atoms with Crippen LogP contribution in [0.5, 0.6) is 11.5 Å². The molecule has 0 fully saturated rings. The van der Waals surface area contributed by atoms with Crippen molar-refractivity contribution in [3.05, 3.63) is 94.3 Å². The molecule has 3 N–H and O–H groups in total. The van der Waals surface area contributed by atoms with Crippen molar-refractivity contribution in [1.29, 1.82) is 0 Å². The molecule has 1 amide bonds. The number of hydrogen-bond acceptors (Lipinski definition) is 7. The molecule has 38 heavy (non-hydrogen) atoms. The molecule has 0 spiro atoms. The average molecular weight is 550 g/mol. The lowest BCUT2D eigenvalue weighted by molar-refractivity contribution is -0.119. The van der Waals surface area contributed by atoms with E-state index < -0.39 is 0 Å². The second kappa shape index (κ2) is 12.9. The molecular weight excluding hydrogens is 522 g/mol. The van der Waals surface area contributed by atoms with E-state index in [1.54, 1.807) is 16.7 Å². The summed E-state index contributed by atoms with van der Waals surface area (Å²) in [5.41, 5.74) is 7.47. The highest BCUT2D eigenvalue weighted by atomic mass is 32.2. The van der Waals surface area contributed by atoms with Crippen molar-refractivity contribution in [1.82, 2.24) is 25.7 Å². The van der Waals surface area contributed by atoms with Gasteiger partial charge in [0.15, 0.2) is 21.8 Å². The van der Waals surface area contributed by atoms with Crippen molar-refractivity contribution in [2.24, 2.45) is 0 Å². The van der Waals surface area contributed by atoms with Crippen LogP contribution in [-0.4, -0.2) is 40.5 Å². The summed E-state index contributed by atoms with van der Waals surface area (Å²) >= 11 is 6.39. The van der Waals surface area contributed by atoms with E-state index in [9.17, 15) is 9.59 Å². The predicted molar refractivity (Wildman–Crippen MR) is 153 cm³/mol. The summed E-state index contributed by atoms with van der Waals surface area (Å²) in [4.78, 5) is 30.8. The Bertz CT molecular complexity index is 1480. The number of benzene rings is 3. The van der Waals surface area contributed by atoms with Crippen molar-refractivity contribution >= 4 is 45.9 Å². The highest BCUT2D eigenvalue weighted by molar-refractivity contribution is 7.99. The van der Waals surface area contributed by atoms with Crippen LogP contribution in [0.4, 0.5) is 0 Å². The third kappa shape index (κ3) is 6.81. The number of ether oxygens (including phenoxy) is 2. The molecule has 196 valence electrons. The van der Waals surface area contributed by atoms with E-state index in [0.717, 1.165) is 22.9 Å². The highest BCUT2D eigenvalue weighted by Gasteiger charge is 2.17. The lowest BCUT2D eigenvalue weighted by atomic mass is 10.2. The quantitative estimate of drug-likeness (QED) is 0.126. The smallest absolute Gasteiger partial charge is 0.262 e. The maximum atomic E-state index is 13.5. The topological polar surface area (TPSA) is 107 Å². The number of hydrazine groups is 1. The molecular formula is C27H27N5O4S2. The minimum atomic E-state index is -0.327. The zero-order valence-electron chi connectivity index (χ0n) is 20.9. The fraction of sp³-hybridized carbons (Fsp3) is 0.185. The number of methoxy groups -OCH3 is 2. The number of thiocarbonyl (C=S) groups is 1. The van der Waals surface area contributed by atoms with E-state index in [1.165, 1.54) is 14.2 Å². The van der Waals surface area contributed by atoms with Gasteiger partial charge in [-0.15, -0.1) is 0 Å². The van der Waals surface area contributed by atoms with Crippen molar-refractivity contribution in [3.8, 4) is 11.5 Å². The van der Waals surface area contributed by atoms with Crippen LogP contribution in [0.3, 0.4) is 0 Å². The van der Waals surface area contributed by atoms with E-state index >= 15 is 0 Å². The summed E-state index contributed by atoms with van der Waals surface area (Å²) in [5, 5.41) is 4.11. The van der Waals surface area contributed by atoms with Crippen molar-refractivity contribution < 1.29 is 14.3 Å². The van der Waals surface area contributed by atoms with Gasteiger partial charge in [-0.05, 0) is 29.4 Å². The summed E-state index contributed by atoms with van der Waals surface area (Å²) < 4.78 is 12.3. The van der Waals surface area contributed by atoms with Crippen LogP contribution in [0.2, 0.25) is 0 Å². The number of fused-ring (bicyclic) bond motifs is 1. The van der Waals surface area contributed by atoms with Gasteiger partial charge in [0.2, 0.25) is 5.91 Å². The number of carbonyl (C=O) groups is 1. The van der Waals surface area contributed by atoms with Crippen molar-refractivity contribution in [2.45, 2.75) is 18.2 Å². The SMILES string of the molecule is COc1cc2nc(SCC(=O)NNC(=S)NCc3ccccc3)n(Cc3ccccc3)c(=O)c2cc1OC. The Labute approximate surface area is 229 Å². The van der Waals surface area contributed by atoms with Gasteiger partial charge in [-0.3, -0.25) is 25.0 Å². The van der Waals surface area contributed by atoms with Crippen LogP contribution in [0.25, 0.3) is 10.9 Å². The third-order valence-corrected chi connectivity index (χ3v) is 6.77. The van der Waals surface area contributed by atoms with E-state index in [0.29, 0.717) is 40.6 Å². The van der Waals surface area contributed by atoms with Gasteiger partial charge < -0.3 is 14.8 Å². The van der Waals surface area contributed by atoms with Crippen LogP contribution in [0.1, 0.15) is 11.1 Å². The lowest BCUT2D eigenvalue weighted by Gasteiger charge is -2.15. The monoisotopic (exact) mass is 549 g/mol. The zero-order valence-corrected chi connectivity index (χ0v) is 22.5. The van der Waals surface area contributed by atoms with Gasteiger partial charge >= 0.3 is 0 Å². The first-order chi connectivity index (χ1) is 18.5. The van der Waals surface area contributed by atoms with Crippen LogP contribution in [0, 0.1) is 0 Å². The molecule has 0 aliphatic carbocycles. The molecule has 0 aliphatic rings. The summed E-state index contributed by atoms with van der Waals surface area (Å²) in [5.74, 6) is 0.579. The molecule has 0 radical (unpaired) electrons.